The van der Waals surface area contributed by atoms with Gasteiger partial charge in [0.15, 0.2) is 0 Å². The number of nitrogens with one attached hydrogen (secondary N) is 1. The molecule has 0 saturated heterocycles. The summed E-state index contributed by atoms with van der Waals surface area (Å²) >= 11 is 0. The zero-order valence-electron chi connectivity index (χ0n) is 23.2. The van der Waals surface area contributed by atoms with Gasteiger partial charge in [-0.05, 0) is 78.6 Å². The predicted octanol–water partition coefficient (Wildman–Crippen LogP) is 7.74. The van der Waals surface area contributed by atoms with Crippen molar-refractivity contribution in [2.75, 3.05) is 12.4 Å². The fourth-order valence-corrected chi connectivity index (χ4v) is 6.20. The smallest absolute Gasteiger partial charge is 0.254 e. The van der Waals surface area contributed by atoms with Crippen molar-refractivity contribution in [2.45, 2.75) is 50.1 Å². The first kappa shape index (κ1) is 26.6. The van der Waals surface area contributed by atoms with E-state index in [4.69, 9.17) is 9.47 Å². The lowest BCUT2D eigenvalue weighted by atomic mass is 9.77. The zero-order chi connectivity index (χ0) is 28.2. The van der Waals surface area contributed by atoms with E-state index in [1.807, 2.05) is 108 Å². The second-order valence-electron chi connectivity index (χ2n) is 10.7. The van der Waals surface area contributed by atoms with Gasteiger partial charge in [-0.1, -0.05) is 67.8 Å². The minimum Gasteiger partial charge on any atom is -0.497 e. The molecule has 0 aromatic heterocycles. The fraction of sp³-hybridized carbons (Fsp3) is 0.257. The van der Waals surface area contributed by atoms with Gasteiger partial charge in [0.05, 0.1) is 19.1 Å². The number of carbonyl (C=O) groups is 2. The second kappa shape index (κ2) is 11.9. The first-order valence-corrected chi connectivity index (χ1v) is 14.3. The first-order valence-electron chi connectivity index (χ1n) is 14.3. The molecule has 4 aromatic rings. The SMILES string of the molecule is COc1ccc(C2C(C(=O)Nc3ccc(Oc4ccccc4)cc3)c3ccccc3C(=O)N2C2CCCCC2)cc1. The molecule has 2 aliphatic rings. The molecular formula is C35H34N2O4. The minimum atomic E-state index is -0.584. The monoisotopic (exact) mass is 546 g/mol. The van der Waals surface area contributed by atoms with Crippen LogP contribution in [0.1, 0.15) is 65.5 Å². The van der Waals surface area contributed by atoms with E-state index < -0.39 is 12.0 Å². The van der Waals surface area contributed by atoms with Crippen molar-refractivity contribution in [2.24, 2.45) is 0 Å². The van der Waals surface area contributed by atoms with Gasteiger partial charge in [0.2, 0.25) is 5.91 Å². The van der Waals surface area contributed by atoms with Crippen LogP contribution in [0.2, 0.25) is 0 Å². The molecule has 208 valence electrons. The highest BCUT2D eigenvalue weighted by molar-refractivity contribution is 6.04. The van der Waals surface area contributed by atoms with Gasteiger partial charge in [-0.15, -0.1) is 0 Å². The van der Waals surface area contributed by atoms with Crippen molar-refractivity contribution < 1.29 is 19.1 Å². The molecule has 4 aromatic carbocycles. The van der Waals surface area contributed by atoms with Crippen LogP contribution in [0.15, 0.2) is 103 Å². The second-order valence-corrected chi connectivity index (χ2v) is 10.7. The Kier molecular flexibility index (Phi) is 7.72. The molecule has 2 unspecified atom stereocenters. The first-order chi connectivity index (χ1) is 20.1. The van der Waals surface area contributed by atoms with Crippen LogP contribution in [-0.2, 0) is 4.79 Å². The molecule has 6 rings (SSSR count). The largest absolute Gasteiger partial charge is 0.497 e. The average Bonchev–Trinajstić information content (AvgIpc) is 3.03. The molecule has 1 aliphatic carbocycles. The maximum Gasteiger partial charge on any atom is 0.254 e. The molecule has 1 N–H and O–H groups in total. The van der Waals surface area contributed by atoms with Gasteiger partial charge in [0.1, 0.15) is 17.2 Å². The van der Waals surface area contributed by atoms with Crippen molar-refractivity contribution >= 4 is 17.5 Å². The quantitative estimate of drug-likeness (QED) is 0.257. The van der Waals surface area contributed by atoms with Crippen molar-refractivity contribution in [1.82, 2.24) is 4.90 Å². The summed E-state index contributed by atoms with van der Waals surface area (Å²) in [5.41, 5.74) is 2.95. The van der Waals surface area contributed by atoms with Gasteiger partial charge >= 0.3 is 0 Å². The summed E-state index contributed by atoms with van der Waals surface area (Å²) in [6.45, 7) is 0. The summed E-state index contributed by atoms with van der Waals surface area (Å²) < 4.78 is 11.3. The molecule has 0 spiro atoms. The summed E-state index contributed by atoms with van der Waals surface area (Å²) in [5, 5.41) is 3.15. The van der Waals surface area contributed by atoms with Gasteiger partial charge in [0, 0.05) is 17.3 Å². The molecule has 2 atom stereocenters. The third-order valence-corrected chi connectivity index (χ3v) is 8.18. The van der Waals surface area contributed by atoms with Crippen LogP contribution >= 0.6 is 0 Å². The van der Waals surface area contributed by atoms with Gasteiger partial charge in [-0.2, -0.15) is 0 Å². The molecule has 1 aliphatic heterocycles. The van der Waals surface area contributed by atoms with Crippen molar-refractivity contribution in [1.29, 1.82) is 0 Å². The number of rotatable bonds is 7. The van der Waals surface area contributed by atoms with E-state index in [-0.39, 0.29) is 17.9 Å². The van der Waals surface area contributed by atoms with Crippen molar-refractivity contribution in [3.63, 3.8) is 0 Å². The Morgan fingerprint density at radius 1 is 0.756 bits per heavy atom. The molecule has 0 radical (unpaired) electrons. The third-order valence-electron chi connectivity index (χ3n) is 8.18. The predicted molar refractivity (Wildman–Crippen MR) is 160 cm³/mol. The van der Waals surface area contributed by atoms with Gasteiger partial charge in [-0.3, -0.25) is 9.59 Å². The Hall–Kier alpha value is -4.58. The van der Waals surface area contributed by atoms with E-state index in [0.29, 0.717) is 17.0 Å². The highest BCUT2D eigenvalue weighted by atomic mass is 16.5. The number of para-hydroxylation sites is 1. The Morgan fingerprint density at radius 3 is 2.10 bits per heavy atom. The number of ether oxygens (including phenoxy) is 2. The Bertz CT molecular complexity index is 1500. The number of hydrogen-bond acceptors (Lipinski definition) is 4. The summed E-state index contributed by atoms with van der Waals surface area (Å²) in [7, 11) is 1.64. The number of methoxy groups -OCH3 is 1. The summed E-state index contributed by atoms with van der Waals surface area (Å²) in [6.07, 6.45) is 5.23. The summed E-state index contributed by atoms with van der Waals surface area (Å²) in [4.78, 5) is 30.3. The van der Waals surface area contributed by atoms with E-state index in [0.717, 1.165) is 48.3 Å². The number of amides is 2. The summed E-state index contributed by atoms with van der Waals surface area (Å²) in [5.74, 6) is 1.43. The van der Waals surface area contributed by atoms with Crippen LogP contribution < -0.4 is 14.8 Å². The van der Waals surface area contributed by atoms with Crippen LogP contribution in [0, 0.1) is 0 Å². The zero-order valence-corrected chi connectivity index (χ0v) is 23.2. The number of nitrogens with zero attached hydrogens (tertiary/aromatic N) is 1. The summed E-state index contributed by atoms with van der Waals surface area (Å²) in [6, 6.07) is 31.9. The molecule has 1 saturated carbocycles. The van der Waals surface area contributed by atoms with Gasteiger partial charge in [-0.25, -0.2) is 0 Å². The molecule has 2 amide bonds. The maximum atomic E-state index is 14.2. The average molecular weight is 547 g/mol. The Balaban J connectivity index is 1.35. The molecular weight excluding hydrogens is 512 g/mol. The van der Waals surface area contributed by atoms with Gasteiger partial charge < -0.3 is 19.7 Å². The lowest BCUT2D eigenvalue weighted by Crippen LogP contribution is -2.51. The standard InChI is InChI=1S/C35H34N2O4/c1-40-27-20-16-24(17-21-27)33-32(30-14-8-9-15-31(30)35(39)37(33)26-10-4-2-5-11-26)34(38)36-25-18-22-29(23-19-25)41-28-12-6-3-7-13-28/h3,6-9,12-23,26,32-33H,2,4-5,10-11H2,1H3,(H,36,38). The van der Waals surface area contributed by atoms with Crippen LogP contribution in [0.5, 0.6) is 17.2 Å². The van der Waals surface area contributed by atoms with Gasteiger partial charge in [0.25, 0.3) is 5.91 Å². The van der Waals surface area contributed by atoms with Crippen LogP contribution in [0.4, 0.5) is 5.69 Å². The topological polar surface area (TPSA) is 67.9 Å². The number of carbonyl (C=O) groups excluding carboxylic acids is 2. The Morgan fingerprint density at radius 2 is 1.39 bits per heavy atom. The van der Waals surface area contributed by atoms with E-state index in [1.54, 1.807) is 7.11 Å². The number of benzene rings is 4. The van der Waals surface area contributed by atoms with Crippen LogP contribution in [0.25, 0.3) is 0 Å². The van der Waals surface area contributed by atoms with E-state index >= 15 is 0 Å². The van der Waals surface area contributed by atoms with Crippen LogP contribution in [-0.4, -0.2) is 29.9 Å². The fourth-order valence-electron chi connectivity index (χ4n) is 6.20. The molecule has 41 heavy (non-hydrogen) atoms. The van der Waals surface area contributed by atoms with Crippen molar-refractivity contribution in [3.05, 3.63) is 120 Å². The molecule has 1 heterocycles. The number of anilines is 1. The van der Waals surface area contributed by atoms with E-state index in [1.165, 1.54) is 6.42 Å². The number of fused-ring (bicyclic) bond motifs is 1. The molecule has 6 heteroatoms. The lowest BCUT2D eigenvalue weighted by molar-refractivity contribution is -0.119. The normalized spacial score (nSPS) is 18.9. The van der Waals surface area contributed by atoms with Crippen LogP contribution in [0.3, 0.4) is 0 Å². The highest BCUT2D eigenvalue weighted by Gasteiger charge is 2.46. The third kappa shape index (κ3) is 5.55. The number of hydrogen-bond donors (Lipinski definition) is 1. The molecule has 0 bridgehead atoms. The van der Waals surface area contributed by atoms with E-state index in [9.17, 15) is 9.59 Å². The maximum absolute atomic E-state index is 14.2. The highest BCUT2D eigenvalue weighted by Crippen LogP contribution is 2.46. The Labute approximate surface area is 240 Å². The lowest BCUT2D eigenvalue weighted by Gasteiger charge is -2.46. The van der Waals surface area contributed by atoms with Crippen molar-refractivity contribution in [3.8, 4) is 17.2 Å². The molecule has 6 nitrogen and oxygen atoms in total. The van der Waals surface area contributed by atoms with E-state index in [2.05, 4.69) is 5.32 Å². The molecule has 1 fully saturated rings. The minimum absolute atomic E-state index is 0.000202.